The summed E-state index contributed by atoms with van der Waals surface area (Å²) in [4.78, 5) is 12.1. The highest BCUT2D eigenvalue weighted by Crippen LogP contribution is 2.21. The Labute approximate surface area is 175 Å². The first-order valence-electron chi connectivity index (χ1n) is 10.4. The number of aliphatic hydroxyl groups is 1. The first-order chi connectivity index (χ1) is 14.5. The minimum atomic E-state index is -0.780. The largest absolute Gasteiger partial charge is 0.491 e. The molecule has 2 aromatic carbocycles. The number of hydrogen-bond acceptors (Lipinski definition) is 5. The van der Waals surface area contributed by atoms with Crippen LogP contribution >= 0.6 is 0 Å². The van der Waals surface area contributed by atoms with Crippen molar-refractivity contribution in [1.29, 1.82) is 0 Å². The Morgan fingerprint density at radius 1 is 1.17 bits per heavy atom. The van der Waals surface area contributed by atoms with Gasteiger partial charge in [-0.1, -0.05) is 18.2 Å². The number of benzene rings is 2. The van der Waals surface area contributed by atoms with E-state index in [1.807, 2.05) is 42.5 Å². The first kappa shape index (κ1) is 20.7. The molecule has 0 saturated carbocycles. The number of nitrogens with one attached hydrogen (secondary N) is 1. The first-order valence-corrected chi connectivity index (χ1v) is 10.4. The lowest BCUT2D eigenvalue weighted by Gasteiger charge is -2.14. The molecular formula is C23H29N3O4. The number of hydrogen-bond donors (Lipinski definition) is 2. The summed E-state index contributed by atoms with van der Waals surface area (Å²) in [5, 5.41) is 14.0. The van der Waals surface area contributed by atoms with E-state index in [2.05, 4.69) is 5.32 Å². The molecule has 4 rings (SSSR count). The molecule has 1 fully saturated rings. The van der Waals surface area contributed by atoms with Crippen molar-refractivity contribution in [1.82, 2.24) is 14.5 Å². The second kappa shape index (κ2) is 9.04. The molecule has 0 amide bonds. The highest BCUT2D eigenvalue weighted by molar-refractivity contribution is 5.76. The molecule has 3 aromatic rings. The van der Waals surface area contributed by atoms with Crippen molar-refractivity contribution >= 4 is 11.0 Å². The van der Waals surface area contributed by atoms with E-state index in [0.717, 1.165) is 49.1 Å². The summed E-state index contributed by atoms with van der Waals surface area (Å²) >= 11 is 0. The number of aliphatic hydroxyl groups excluding tert-OH is 1. The van der Waals surface area contributed by atoms with Crippen LogP contribution in [-0.4, -0.2) is 40.1 Å². The number of aromatic nitrogens is 2. The maximum Gasteiger partial charge on any atom is 0.328 e. The van der Waals surface area contributed by atoms with Crippen molar-refractivity contribution in [3.05, 3.63) is 64.1 Å². The molecule has 0 radical (unpaired) electrons. The zero-order valence-corrected chi connectivity index (χ0v) is 17.5. The fourth-order valence-electron chi connectivity index (χ4n) is 3.89. The van der Waals surface area contributed by atoms with Crippen LogP contribution in [0.25, 0.3) is 11.0 Å². The minimum Gasteiger partial charge on any atom is -0.491 e. The third-order valence-corrected chi connectivity index (χ3v) is 5.74. The molecule has 7 nitrogen and oxygen atoms in total. The van der Waals surface area contributed by atoms with E-state index < -0.39 is 6.10 Å². The number of fused-ring (bicyclic) bond motifs is 1. The zero-order valence-electron chi connectivity index (χ0n) is 17.5. The van der Waals surface area contributed by atoms with Crippen LogP contribution in [0.15, 0.2) is 47.3 Å². The van der Waals surface area contributed by atoms with Crippen LogP contribution < -0.4 is 15.7 Å². The third kappa shape index (κ3) is 4.43. The summed E-state index contributed by atoms with van der Waals surface area (Å²) in [5.74, 6) is 0.713. The predicted octanol–water partition coefficient (Wildman–Crippen LogP) is 2.26. The van der Waals surface area contributed by atoms with Crippen LogP contribution in [0.2, 0.25) is 0 Å². The van der Waals surface area contributed by atoms with Gasteiger partial charge in [0.05, 0.1) is 17.1 Å². The number of rotatable bonds is 8. The Bertz CT molecular complexity index is 1050. The smallest absolute Gasteiger partial charge is 0.328 e. The number of imidazole rings is 1. The van der Waals surface area contributed by atoms with E-state index in [1.54, 1.807) is 23.2 Å². The standard InChI is InChI=1S/C23H29N3O4/c1-25-20-10-7-17(12-21(20)26(2)23(25)28)22(27)15-30-18-8-5-16(6-9-18)13-24-14-19-4-3-11-29-19/h5-10,12,19,22,24,27H,3-4,11,13-15H2,1-2H3/t19-,22-/m0/s1. The second-order valence-electron chi connectivity index (χ2n) is 7.89. The minimum absolute atomic E-state index is 0.0850. The van der Waals surface area contributed by atoms with Gasteiger partial charge in [0, 0.05) is 33.8 Å². The summed E-state index contributed by atoms with van der Waals surface area (Å²) in [6, 6.07) is 13.4. The summed E-state index contributed by atoms with van der Waals surface area (Å²) in [6.45, 7) is 2.69. The summed E-state index contributed by atoms with van der Waals surface area (Å²) in [5.41, 5.74) is 3.44. The van der Waals surface area contributed by atoms with E-state index >= 15 is 0 Å². The SMILES string of the molecule is Cn1c(=O)n(C)c2cc([C@@H](O)COc3ccc(CNC[C@@H]4CCCO4)cc3)ccc21. The van der Waals surface area contributed by atoms with Crippen molar-refractivity contribution in [3.8, 4) is 5.75 Å². The van der Waals surface area contributed by atoms with Crippen molar-refractivity contribution in [2.24, 2.45) is 14.1 Å². The van der Waals surface area contributed by atoms with Crippen LogP contribution in [-0.2, 0) is 25.4 Å². The molecule has 7 heteroatoms. The maximum absolute atomic E-state index is 12.1. The average Bonchev–Trinajstić information content (AvgIpc) is 3.36. The monoisotopic (exact) mass is 411 g/mol. The molecular weight excluding hydrogens is 382 g/mol. The highest BCUT2D eigenvalue weighted by Gasteiger charge is 2.15. The van der Waals surface area contributed by atoms with E-state index in [-0.39, 0.29) is 12.3 Å². The van der Waals surface area contributed by atoms with Crippen LogP contribution in [0.5, 0.6) is 5.75 Å². The fraction of sp³-hybridized carbons (Fsp3) is 0.435. The topological polar surface area (TPSA) is 77.7 Å². The Kier molecular flexibility index (Phi) is 6.22. The van der Waals surface area contributed by atoms with Crippen LogP contribution in [0.4, 0.5) is 0 Å². The molecule has 1 aliphatic rings. The van der Waals surface area contributed by atoms with Gasteiger partial charge in [-0.3, -0.25) is 9.13 Å². The molecule has 1 aromatic heterocycles. The van der Waals surface area contributed by atoms with Crippen molar-refractivity contribution in [3.63, 3.8) is 0 Å². The zero-order chi connectivity index (χ0) is 21.1. The Balaban J connectivity index is 1.31. The molecule has 0 unspecified atom stereocenters. The lowest BCUT2D eigenvalue weighted by atomic mass is 10.1. The van der Waals surface area contributed by atoms with Gasteiger partial charge >= 0.3 is 5.69 Å². The summed E-state index contributed by atoms with van der Waals surface area (Å²) in [6.07, 6.45) is 1.85. The molecule has 2 N–H and O–H groups in total. The predicted molar refractivity (Wildman–Crippen MR) is 116 cm³/mol. The van der Waals surface area contributed by atoms with Gasteiger partial charge in [0.1, 0.15) is 18.5 Å². The van der Waals surface area contributed by atoms with Crippen LogP contribution in [0.1, 0.15) is 30.1 Å². The van der Waals surface area contributed by atoms with E-state index in [1.165, 1.54) is 5.56 Å². The summed E-state index contributed by atoms with van der Waals surface area (Å²) in [7, 11) is 3.47. The molecule has 1 saturated heterocycles. The number of ether oxygens (including phenoxy) is 2. The lowest BCUT2D eigenvalue weighted by molar-refractivity contribution is 0.108. The van der Waals surface area contributed by atoms with Gasteiger partial charge in [0.15, 0.2) is 0 Å². The van der Waals surface area contributed by atoms with E-state index in [9.17, 15) is 9.90 Å². The average molecular weight is 412 g/mol. The highest BCUT2D eigenvalue weighted by atomic mass is 16.5. The molecule has 0 bridgehead atoms. The molecule has 1 aliphatic heterocycles. The van der Waals surface area contributed by atoms with E-state index in [0.29, 0.717) is 11.9 Å². The van der Waals surface area contributed by atoms with Gasteiger partial charge < -0.3 is 19.9 Å². The van der Waals surface area contributed by atoms with Gasteiger partial charge in [-0.05, 0) is 48.2 Å². The number of aryl methyl sites for hydroxylation is 2. The summed E-state index contributed by atoms with van der Waals surface area (Å²) < 4.78 is 14.6. The molecule has 0 aliphatic carbocycles. The maximum atomic E-state index is 12.1. The quantitative estimate of drug-likeness (QED) is 0.595. The fourth-order valence-corrected chi connectivity index (χ4v) is 3.89. The van der Waals surface area contributed by atoms with Gasteiger partial charge in [0.25, 0.3) is 0 Å². The van der Waals surface area contributed by atoms with Gasteiger partial charge in [-0.25, -0.2) is 4.79 Å². The van der Waals surface area contributed by atoms with Crippen LogP contribution in [0, 0.1) is 0 Å². The Hall–Kier alpha value is -2.61. The number of nitrogens with zero attached hydrogens (tertiary/aromatic N) is 2. The normalized spacial score (nSPS) is 17.5. The van der Waals surface area contributed by atoms with E-state index in [4.69, 9.17) is 9.47 Å². The van der Waals surface area contributed by atoms with Gasteiger partial charge in [-0.2, -0.15) is 0 Å². The van der Waals surface area contributed by atoms with Gasteiger partial charge in [0.2, 0.25) is 0 Å². The Morgan fingerprint density at radius 3 is 2.67 bits per heavy atom. The van der Waals surface area contributed by atoms with Crippen molar-refractivity contribution < 1.29 is 14.6 Å². The Morgan fingerprint density at radius 2 is 1.93 bits per heavy atom. The lowest BCUT2D eigenvalue weighted by Crippen LogP contribution is -2.25. The van der Waals surface area contributed by atoms with Gasteiger partial charge in [-0.15, -0.1) is 0 Å². The van der Waals surface area contributed by atoms with Crippen LogP contribution in [0.3, 0.4) is 0 Å². The third-order valence-electron chi connectivity index (χ3n) is 5.74. The molecule has 30 heavy (non-hydrogen) atoms. The molecule has 2 heterocycles. The van der Waals surface area contributed by atoms with Crippen molar-refractivity contribution in [2.45, 2.75) is 31.6 Å². The second-order valence-corrected chi connectivity index (χ2v) is 7.89. The molecule has 0 spiro atoms. The van der Waals surface area contributed by atoms with Crippen molar-refractivity contribution in [2.75, 3.05) is 19.8 Å². The molecule has 2 atom stereocenters. The molecule has 160 valence electrons.